The average Bonchev–Trinajstić information content (AvgIpc) is 2.87. The number of piperidine rings is 1. The van der Waals surface area contributed by atoms with Crippen LogP contribution in [0, 0.1) is 13.8 Å². The van der Waals surface area contributed by atoms with Crippen LogP contribution in [-0.2, 0) is 19.3 Å². The summed E-state index contributed by atoms with van der Waals surface area (Å²) in [4.78, 5) is 13.7. The van der Waals surface area contributed by atoms with Crippen molar-refractivity contribution in [2.45, 2.75) is 44.0 Å². The summed E-state index contributed by atoms with van der Waals surface area (Å²) in [6.07, 6.45) is 1.75. The number of nitrogens with zero attached hydrogens (tertiary/aromatic N) is 3. The van der Waals surface area contributed by atoms with Crippen LogP contribution in [0.15, 0.2) is 9.42 Å². The lowest BCUT2D eigenvalue weighted by atomic mass is 10.0. The van der Waals surface area contributed by atoms with Gasteiger partial charge in [0.05, 0.1) is 6.61 Å². The van der Waals surface area contributed by atoms with Crippen LogP contribution in [0.4, 0.5) is 4.79 Å². The molecule has 0 saturated carbocycles. The van der Waals surface area contributed by atoms with Crippen LogP contribution in [0.2, 0.25) is 0 Å². The number of sulfonamides is 1. The highest BCUT2D eigenvalue weighted by molar-refractivity contribution is 7.95. The Morgan fingerprint density at radius 2 is 1.96 bits per heavy atom. The van der Waals surface area contributed by atoms with Gasteiger partial charge in [0.2, 0.25) is 4.90 Å². The molecule has 1 amide bonds. The Kier molecular flexibility index (Phi) is 4.43. The number of hydrogen-bond donors (Lipinski definition) is 0. The summed E-state index contributed by atoms with van der Waals surface area (Å²) in [6, 6.07) is 0.0407. The molecule has 1 atom stereocenters. The average molecular weight is 343 g/mol. The molecule has 3 rings (SSSR count). The van der Waals surface area contributed by atoms with E-state index in [0.717, 1.165) is 6.42 Å². The van der Waals surface area contributed by atoms with Crippen LogP contribution in [0.1, 0.15) is 30.7 Å². The normalized spacial score (nSPS) is 23.6. The largest absolute Gasteiger partial charge is 0.593 e. The van der Waals surface area contributed by atoms with E-state index in [9.17, 15) is 13.6 Å². The van der Waals surface area contributed by atoms with Gasteiger partial charge < -0.3 is 18.7 Å². The first-order chi connectivity index (χ1) is 10.9. The van der Waals surface area contributed by atoms with E-state index >= 15 is 0 Å². The minimum absolute atomic E-state index is 0.0407. The van der Waals surface area contributed by atoms with Crippen LogP contribution in [-0.4, -0.2) is 57.3 Å². The summed E-state index contributed by atoms with van der Waals surface area (Å²) < 4.78 is 37.0. The van der Waals surface area contributed by atoms with Crippen LogP contribution in [0.3, 0.4) is 0 Å². The lowest BCUT2D eigenvalue weighted by Gasteiger charge is -2.39. The highest BCUT2D eigenvalue weighted by Gasteiger charge is 2.40. The van der Waals surface area contributed by atoms with Crippen molar-refractivity contribution in [3.05, 3.63) is 11.5 Å². The molecule has 128 valence electrons. The molecule has 23 heavy (non-hydrogen) atoms. The highest BCUT2D eigenvalue weighted by Crippen LogP contribution is 2.31. The van der Waals surface area contributed by atoms with E-state index in [4.69, 9.17) is 9.26 Å². The zero-order valence-electron chi connectivity index (χ0n) is 13.3. The SMILES string of the molecule is Cc1noc(C)c1[S+](=O)([O-])N1CCC(N2CCCOC2=O)CC1. The van der Waals surface area contributed by atoms with Crippen molar-refractivity contribution >= 4 is 16.5 Å². The Balaban J connectivity index is 1.69. The van der Waals surface area contributed by atoms with E-state index < -0.39 is 10.4 Å². The number of carbonyl (C=O) groups excluding carboxylic acids is 1. The monoisotopic (exact) mass is 343 g/mol. The number of carbonyl (C=O) groups is 1. The predicted octanol–water partition coefficient (Wildman–Crippen LogP) is 1.50. The van der Waals surface area contributed by atoms with E-state index in [2.05, 4.69) is 5.16 Å². The first kappa shape index (κ1) is 16.4. The third-order valence-electron chi connectivity index (χ3n) is 4.43. The fourth-order valence-corrected chi connectivity index (χ4v) is 5.03. The molecule has 0 bridgehead atoms. The van der Waals surface area contributed by atoms with Crippen molar-refractivity contribution < 1.29 is 22.8 Å². The molecule has 9 heteroatoms. The Morgan fingerprint density at radius 3 is 2.52 bits per heavy atom. The summed E-state index contributed by atoms with van der Waals surface area (Å²) in [6.45, 7) is 5.12. The number of amides is 1. The number of cyclic esters (lactones) is 1. The summed E-state index contributed by atoms with van der Waals surface area (Å²) in [5, 5.41) is 3.73. The minimum atomic E-state index is -3.61. The van der Waals surface area contributed by atoms with Gasteiger partial charge in [0.15, 0.2) is 16.2 Å². The molecular formula is C14H21N3O5S. The second-order valence-electron chi connectivity index (χ2n) is 5.95. The van der Waals surface area contributed by atoms with Crippen molar-refractivity contribution in [2.24, 2.45) is 0 Å². The molecule has 1 aromatic heterocycles. The summed E-state index contributed by atoms with van der Waals surface area (Å²) in [7, 11) is -3.61. The third kappa shape index (κ3) is 3.00. The van der Waals surface area contributed by atoms with E-state index in [1.54, 1.807) is 18.7 Å². The molecule has 2 fully saturated rings. The number of aryl methyl sites for hydroxylation is 2. The quantitative estimate of drug-likeness (QED) is 0.771. The van der Waals surface area contributed by atoms with Crippen LogP contribution in [0.25, 0.3) is 0 Å². The topological polar surface area (TPSA) is 98.9 Å². The molecule has 1 unspecified atom stereocenters. The maximum atomic E-state index is 12.8. The van der Waals surface area contributed by atoms with Gasteiger partial charge in [0, 0.05) is 32.6 Å². The Hall–Kier alpha value is -1.45. The lowest BCUT2D eigenvalue weighted by Crippen LogP contribution is -2.52. The molecule has 2 aliphatic rings. The number of rotatable bonds is 3. The zero-order valence-corrected chi connectivity index (χ0v) is 14.1. The van der Waals surface area contributed by atoms with E-state index in [-0.39, 0.29) is 17.0 Å². The second kappa shape index (κ2) is 6.21. The van der Waals surface area contributed by atoms with Crippen LogP contribution >= 0.6 is 0 Å². The van der Waals surface area contributed by atoms with Crippen molar-refractivity contribution in [3.63, 3.8) is 0 Å². The summed E-state index contributed by atoms with van der Waals surface area (Å²) in [5.74, 6) is 0.309. The number of hydrogen-bond acceptors (Lipinski definition) is 6. The van der Waals surface area contributed by atoms with E-state index in [1.807, 2.05) is 0 Å². The lowest BCUT2D eigenvalue weighted by molar-refractivity contribution is 0.0438. The second-order valence-corrected chi connectivity index (χ2v) is 7.82. The van der Waals surface area contributed by atoms with Crippen molar-refractivity contribution in [2.75, 3.05) is 26.2 Å². The van der Waals surface area contributed by atoms with Crippen molar-refractivity contribution in [1.29, 1.82) is 0 Å². The molecule has 0 N–H and O–H groups in total. The maximum Gasteiger partial charge on any atom is 0.410 e. The Morgan fingerprint density at radius 1 is 1.26 bits per heavy atom. The first-order valence-electron chi connectivity index (χ1n) is 7.77. The molecule has 0 radical (unpaired) electrons. The standard InChI is InChI=1S/C14H21N3O5S/c1-10-13(11(2)22-15-10)23(19,20)16-7-4-12(5-8-16)17-6-3-9-21-14(17)18/h12H,3-9H2,1-2H3. The Labute approximate surface area is 136 Å². The van der Waals surface area contributed by atoms with Crippen LogP contribution < -0.4 is 0 Å². The molecule has 2 saturated heterocycles. The molecule has 0 spiro atoms. The van der Waals surface area contributed by atoms with Crippen LogP contribution in [0.5, 0.6) is 0 Å². The molecule has 2 aliphatic heterocycles. The van der Waals surface area contributed by atoms with Crippen molar-refractivity contribution in [3.8, 4) is 0 Å². The minimum Gasteiger partial charge on any atom is -0.593 e. The van der Waals surface area contributed by atoms with E-state index in [0.29, 0.717) is 50.5 Å². The summed E-state index contributed by atoms with van der Waals surface area (Å²) >= 11 is 0. The molecule has 8 nitrogen and oxygen atoms in total. The molecule has 3 heterocycles. The van der Waals surface area contributed by atoms with Gasteiger partial charge in [-0.15, -0.1) is 4.31 Å². The Bertz CT molecular complexity index is 619. The van der Waals surface area contributed by atoms with Gasteiger partial charge in [-0.3, -0.25) is 0 Å². The van der Waals surface area contributed by atoms with Gasteiger partial charge in [-0.1, -0.05) is 9.37 Å². The fourth-order valence-electron chi connectivity index (χ4n) is 3.27. The van der Waals surface area contributed by atoms with Gasteiger partial charge in [-0.2, -0.15) is 0 Å². The van der Waals surface area contributed by atoms with Gasteiger partial charge in [-0.05, 0) is 26.2 Å². The third-order valence-corrected chi connectivity index (χ3v) is 6.58. The molecular weight excluding hydrogens is 322 g/mol. The van der Waals surface area contributed by atoms with Crippen molar-refractivity contribution in [1.82, 2.24) is 14.4 Å². The van der Waals surface area contributed by atoms with Gasteiger partial charge in [0.1, 0.15) is 5.69 Å². The number of ether oxygens (including phenoxy) is 1. The van der Waals surface area contributed by atoms with Gasteiger partial charge in [0.25, 0.3) is 0 Å². The fraction of sp³-hybridized carbons (Fsp3) is 0.714. The maximum absolute atomic E-state index is 12.8. The van der Waals surface area contributed by atoms with Gasteiger partial charge >= 0.3 is 6.09 Å². The molecule has 0 aliphatic carbocycles. The van der Waals surface area contributed by atoms with Gasteiger partial charge in [-0.25, -0.2) is 4.79 Å². The molecule has 0 aromatic carbocycles. The molecule has 1 aromatic rings. The zero-order chi connectivity index (χ0) is 16.6. The van der Waals surface area contributed by atoms with E-state index in [1.165, 1.54) is 4.31 Å². The smallest absolute Gasteiger partial charge is 0.410 e. The summed E-state index contributed by atoms with van der Waals surface area (Å²) in [5.41, 5.74) is 0.379. The predicted molar refractivity (Wildman–Crippen MR) is 80.3 cm³/mol. The highest BCUT2D eigenvalue weighted by atomic mass is 32.3. The number of aromatic nitrogens is 1. The first-order valence-corrected chi connectivity index (χ1v) is 9.21.